The van der Waals surface area contributed by atoms with Crippen LogP contribution in [0.2, 0.25) is 18.1 Å². The molecule has 0 saturated heterocycles. The normalized spacial score (nSPS) is 18.8. The highest BCUT2D eigenvalue weighted by atomic mass is 28.4. The lowest BCUT2D eigenvalue weighted by Crippen LogP contribution is -2.54. The molecule has 1 rings (SSSR count). The second-order valence-corrected chi connectivity index (χ2v) is 17.9. The predicted molar refractivity (Wildman–Crippen MR) is 143 cm³/mol. The van der Waals surface area contributed by atoms with Gasteiger partial charge >= 0.3 is 6.09 Å². The van der Waals surface area contributed by atoms with E-state index in [0.29, 0.717) is 12.3 Å². The summed E-state index contributed by atoms with van der Waals surface area (Å²) >= 11 is 0. The van der Waals surface area contributed by atoms with Gasteiger partial charge in [0.1, 0.15) is 5.60 Å². The van der Waals surface area contributed by atoms with Gasteiger partial charge in [-0.1, -0.05) is 66.7 Å². The van der Waals surface area contributed by atoms with E-state index >= 15 is 0 Å². The van der Waals surface area contributed by atoms with E-state index in [0.717, 1.165) is 6.42 Å². The van der Waals surface area contributed by atoms with Gasteiger partial charge in [-0.3, -0.25) is 4.79 Å². The highest BCUT2D eigenvalue weighted by Crippen LogP contribution is 2.40. The minimum atomic E-state index is -2.16. The van der Waals surface area contributed by atoms with Crippen molar-refractivity contribution in [2.45, 2.75) is 136 Å². The molecule has 200 valence electrons. The molecule has 0 aliphatic heterocycles. The molecule has 1 aliphatic carbocycles. The predicted octanol–water partition coefficient (Wildman–Crippen LogP) is 6.65. The Morgan fingerprint density at radius 1 is 1.00 bits per heavy atom. The van der Waals surface area contributed by atoms with Gasteiger partial charge in [0, 0.05) is 13.0 Å². The topological polar surface area (TPSA) is 76.7 Å². The number of hydrogen-bond acceptors (Lipinski definition) is 4. The molecule has 1 aliphatic rings. The van der Waals surface area contributed by atoms with E-state index in [2.05, 4.69) is 58.3 Å². The van der Waals surface area contributed by atoms with Crippen LogP contribution in [0.4, 0.5) is 4.79 Å². The summed E-state index contributed by atoms with van der Waals surface area (Å²) in [5.41, 5.74) is -0.572. The summed E-state index contributed by atoms with van der Waals surface area (Å²) in [5.74, 6) is 0.570. The molecular weight excluding hydrogens is 444 g/mol. The summed E-state index contributed by atoms with van der Waals surface area (Å²) in [4.78, 5) is 25.7. The summed E-state index contributed by atoms with van der Waals surface area (Å²) in [6.07, 6.45) is 6.92. The van der Waals surface area contributed by atoms with Crippen LogP contribution in [0.25, 0.3) is 0 Å². The number of amides is 2. The van der Waals surface area contributed by atoms with Crippen molar-refractivity contribution in [2.24, 2.45) is 17.8 Å². The van der Waals surface area contributed by atoms with Crippen molar-refractivity contribution >= 4 is 20.3 Å². The van der Waals surface area contributed by atoms with Crippen LogP contribution in [-0.2, 0) is 14.0 Å². The number of hydrogen-bond donors (Lipinski definition) is 2. The van der Waals surface area contributed by atoms with Crippen molar-refractivity contribution in [1.82, 2.24) is 10.6 Å². The molecular formula is C27H54N2O4Si. The molecule has 0 radical (unpaired) electrons. The van der Waals surface area contributed by atoms with Crippen molar-refractivity contribution in [2.75, 3.05) is 7.05 Å². The standard InChI is InChI=1S/C27H54N2O4Si/c1-19(2)21(24(30)28-9)18-23(33-34(10,11)27(6,7)8)22(17-20-15-13-12-14-16-20)29-25(31)32-26(3,4)5/h19-23H,12-18H2,1-11H3,(H,28,30)(H,29,31)/t21-,22-,23-/m0/s1. The van der Waals surface area contributed by atoms with E-state index in [4.69, 9.17) is 9.16 Å². The molecule has 0 unspecified atom stereocenters. The first-order valence-corrected chi connectivity index (χ1v) is 16.3. The van der Waals surface area contributed by atoms with E-state index in [1.807, 2.05) is 20.8 Å². The molecule has 0 spiro atoms. The van der Waals surface area contributed by atoms with Crippen LogP contribution < -0.4 is 10.6 Å². The van der Waals surface area contributed by atoms with Gasteiger partial charge in [-0.05, 0) is 63.6 Å². The lowest BCUT2D eigenvalue weighted by Gasteiger charge is -2.43. The molecule has 7 heteroatoms. The van der Waals surface area contributed by atoms with Crippen molar-refractivity contribution in [3.8, 4) is 0 Å². The summed E-state index contributed by atoms with van der Waals surface area (Å²) in [5, 5.41) is 6.06. The molecule has 1 saturated carbocycles. The number of ether oxygens (including phenoxy) is 1. The minimum absolute atomic E-state index is 0.0207. The molecule has 0 bridgehead atoms. The first-order chi connectivity index (χ1) is 15.5. The average molecular weight is 499 g/mol. The van der Waals surface area contributed by atoms with E-state index in [-0.39, 0.29) is 34.9 Å². The van der Waals surface area contributed by atoms with Crippen LogP contribution in [0.1, 0.15) is 100 Å². The number of carbonyl (C=O) groups is 2. The van der Waals surface area contributed by atoms with Crippen LogP contribution in [0.15, 0.2) is 0 Å². The monoisotopic (exact) mass is 498 g/mol. The summed E-state index contributed by atoms with van der Waals surface area (Å²) in [7, 11) is -0.470. The minimum Gasteiger partial charge on any atom is -0.444 e. The van der Waals surface area contributed by atoms with Gasteiger partial charge in [0.2, 0.25) is 5.91 Å². The second-order valence-electron chi connectivity index (χ2n) is 13.1. The first kappa shape index (κ1) is 30.9. The van der Waals surface area contributed by atoms with Gasteiger partial charge in [0.25, 0.3) is 0 Å². The number of nitrogens with one attached hydrogen (secondary N) is 2. The van der Waals surface area contributed by atoms with Crippen LogP contribution >= 0.6 is 0 Å². The fourth-order valence-electron chi connectivity index (χ4n) is 4.51. The summed E-state index contributed by atoms with van der Waals surface area (Å²) in [6, 6.07) is -0.196. The first-order valence-electron chi connectivity index (χ1n) is 13.4. The Kier molecular flexibility index (Phi) is 11.6. The van der Waals surface area contributed by atoms with Gasteiger partial charge in [-0.15, -0.1) is 0 Å². The molecule has 34 heavy (non-hydrogen) atoms. The quantitative estimate of drug-likeness (QED) is 0.331. The SMILES string of the molecule is CNC(=O)[C@@H](C[C@H](O[Si](C)(C)C(C)(C)C)[C@H](CC1CCCCC1)NC(=O)OC(C)(C)C)C(C)C. The zero-order valence-electron chi connectivity index (χ0n) is 24.0. The fourth-order valence-corrected chi connectivity index (χ4v) is 5.88. The largest absolute Gasteiger partial charge is 0.444 e. The Balaban J connectivity index is 3.34. The molecule has 0 aromatic heterocycles. The lowest BCUT2D eigenvalue weighted by molar-refractivity contribution is -0.127. The Morgan fingerprint density at radius 2 is 1.56 bits per heavy atom. The van der Waals surface area contributed by atoms with Crippen molar-refractivity contribution in [3.05, 3.63) is 0 Å². The fraction of sp³-hybridized carbons (Fsp3) is 0.926. The van der Waals surface area contributed by atoms with Gasteiger partial charge in [-0.25, -0.2) is 4.79 Å². The molecule has 1 fully saturated rings. The summed E-state index contributed by atoms with van der Waals surface area (Å²) in [6.45, 7) is 21.0. The molecule has 0 aromatic carbocycles. The number of rotatable bonds is 10. The molecule has 2 amide bonds. The third-order valence-electron chi connectivity index (χ3n) is 7.59. The molecule has 0 heterocycles. The maximum absolute atomic E-state index is 12.9. The average Bonchev–Trinajstić information content (AvgIpc) is 2.68. The Morgan fingerprint density at radius 3 is 2.00 bits per heavy atom. The number of carbonyl (C=O) groups excluding carboxylic acids is 2. The maximum Gasteiger partial charge on any atom is 0.407 e. The Labute approximate surface area is 210 Å². The van der Waals surface area contributed by atoms with Crippen LogP contribution in [0, 0.1) is 17.8 Å². The highest BCUT2D eigenvalue weighted by Gasteiger charge is 2.43. The molecule has 0 aromatic rings. The smallest absolute Gasteiger partial charge is 0.407 e. The second kappa shape index (κ2) is 12.7. The van der Waals surface area contributed by atoms with Crippen LogP contribution in [0.5, 0.6) is 0 Å². The molecule has 3 atom stereocenters. The zero-order valence-corrected chi connectivity index (χ0v) is 25.0. The van der Waals surface area contributed by atoms with Crippen molar-refractivity contribution in [3.63, 3.8) is 0 Å². The lowest BCUT2D eigenvalue weighted by atomic mass is 9.81. The molecule has 6 nitrogen and oxygen atoms in total. The van der Waals surface area contributed by atoms with E-state index in [9.17, 15) is 9.59 Å². The Bertz CT molecular complexity index is 646. The van der Waals surface area contributed by atoms with Gasteiger partial charge in [0.15, 0.2) is 8.32 Å². The van der Waals surface area contributed by atoms with Crippen LogP contribution in [0.3, 0.4) is 0 Å². The maximum atomic E-state index is 12.9. The van der Waals surface area contributed by atoms with Gasteiger partial charge < -0.3 is 19.8 Å². The van der Waals surface area contributed by atoms with Gasteiger partial charge in [0.05, 0.1) is 12.1 Å². The third kappa shape index (κ3) is 10.3. The van der Waals surface area contributed by atoms with Crippen molar-refractivity contribution in [1.29, 1.82) is 0 Å². The number of alkyl carbamates (subject to hydrolysis) is 1. The third-order valence-corrected chi connectivity index (χ3v) is 12.1. The van der Waals surface area contributed by atoms with E-state index in [1.54, 1.807) is 7.05 Å². The summed E-state index contributed by atoms with van der Waals surface area (Å²) < 4.78 is 12.7. The molecule has 2 N–H and O–H groups in total. The van der Waals surface area contributed by atoms with Crippen LogP contribution in [-0.4, -0.2) is 45.1 Å². The highest BCUT2D eigenvalue weighted by molar-refractivity contribution is 6.74. The zero-order chi connectivity index (χ0) is 26.3. The van der Waals surface area contributed by atoms with E-state index in [1.165, 1.54) is 32.1 Å². The van der Waals surface area contributed by atoms with E-state index < -0.39 is 20.0 Å². The van der Waals surface area contributed by atoms with Crippen molar-refractivity contribution < 1.29 is 18.8 Å². The van der Waals surface area contributed by atoms with Gasteiger partial charge in [-0.2, -0.15) is 0 Å². The Hall–Kier alpha value is -1.08.